The van der Waals surface area contributed by atoms with Gasteiger partial charge in [-0.25, -0.2) is 0 Å². The van der Waals surface area contributed by atoms with Crippen molar-refractivity contribution in [1.82, 2.24) is 0 Å². The van der Waals surface area contributed by atoms with Crippen molar-refractivity contribution in [3.63, 3.8) is 0 Å². The van der Waals surface area contributed by atoms with Crippen LogP contribution in [0.4, 0.5) is 36.2 Å². The zero-order chi connectivity index (χ0) is 38.3. The minimum Gasteiger partial charge on any atom is -0.376 e. The molecule has 0 saturated heterocycles. The fraction of sp³-hybridized carbons (Fsp3) is 1.00. The van der Waals surface area contributed by atoms with E-state index < -0.39 is 103 Å². The second kappa shape index (κ2) is 39.3. The third-order valence-electron chi connectivity index (χ3n) is 5.77. The van der Waals surface area contributed by atoms with Gasteiger partial charge in [-0.3, -0.25) is 0 Å². The highest BCUT2D eigenvalue weighted by molar-refractivity contribution is 4.77. The Morgan fingerprint density at radius 2 is 0.558 bits per heavy atom. The van der Waals surface area contributed by atoms with Crippen LogP contribution in [0, 0.1) is 0 Å². The lowest BCUT2D eigenvalue weighted by molar-refractivity contribution is -0.456. The highest BCUT2D eigenvalue weighted by Crippen LogP contribution is 2.17. The molecule has 314 valence electrons. The molecule has 0 aliphatic rings. The van der Waals surface area contributed by atoms with Crippen molar-refractivity contribution in [2.24, 2.45) is 0 Å². The summed E-state index contributed by atoms with van der Waals surface area (Å²) < 4.78 is 143. The topological polar surface area (TPSA) is 185 Å². The second-order valence-corrected chi connectivity index (χ2v) is 9.45. The van der Waals surface area contributed by atoms with Gasteiger partial charge >= 0.3 is 0 Å². The highest BCUT2D eigenvalue weighted by Gasteiger charge is 2.33. The van der Waals surface area contributed by atoms with Crippen LogP contribution in [0.5, 0.6) is 0 Å². The molecule has 0 aliphatic heterocycles. The largest absolute Gasteiger partial charge is 0.376 e. The molecule has 0 spiro atoms. The van der Waals surface area contributed by atoms with Gasteiger partial charge in [0, 0.05) is 0 Å². The molecule has 0 saturated carbocycles. The van der Waals surface area contributed by atoms with Crippen LogP contribution in [0.1, 0.15) is 0 Å². The molecule has 0 aromatic carbocycles. The predicted molar refractivity (Wildman–Crippen MR) is 141 cm³/mol. The lowest BCUT2D eigenvalue weighted by Crippen LogP contribution is -2.48. The monoisotopic (exact) mass is 802 g/mol. The Morgan fingerprint density at radius 1 is 0.288 bits per heavy atom. The summed E-state index contributed by atoms with van der Waals surface area (Å²) in [4.78, 5) is 30.5. The van der Waals surface area contributed by atoms with E-state index in [0.29, 0.717) is 0 Å². The third-order valence-corrected chi connectivity index (χ3v) is 5.77. The van der Waals surface area contributed by atoms with Gasteiger partial charge in [0.15, 0.2) is 0 Å². The Bertz CT molecular complexity index is 686. The van der Waals surface area contributed by atoms with Crippen LogP contribution in [0.3, 0.4) is 0 Å². The molecule has 2 atom stereocenters. The lowest BCUT2D eigenvalue weighted by Gasteiger charge is -2.34. The molecule has 0 heterocycles. The average molecular weight is 803 g/mol. The fourth-order valence-corrected chi connectivity index (χ4v) is 3.59. The van der Waals surface area contributed by atoms with Gasteiger partial charge in [0.2, 0.25) is 0 Å². The second-order valence-electron chi connectivity index (χ2n) is 9.45. The zero-order valence-corrected chi connectivity index (χ0v) is 27.4. The standard InChI is InChI=1S/C24H42F8O20/c25-39-5-1-33-9-19(10-34-2-6-40-26)37-17-23(47-21(11-35-3-7-41-27)12-36-4-8-42-28)24(48-22(15-45-51-31)16-46-52-32)18-38-20(13-43-49-29)14-44-50-30/h19-24H,1-18H2. The van der Waals surface area contributed by atoms with E-state index in [0.717, 1.165) is 0 Å². The molecular weight excluding hydrogens is 760 g/mol. The van der Waals surface area contributed by atoms with E-state index in [1.807, 2.05) is 0 Å². The first-order chi connectivity index (χ1) is 25.5. The van der Waals surface area contributed by atoms with Crippen molar-refractivity contribution >= 4 is 0 Å². The van der Waals surface area contributed by atoms with Crippen molar-refractivity contribution in [2.45, 2.75) is 36.6 Å². The molecule has 0 amide bonds. The van der Waals surface area contributed by atoms with E-state index in [1.165, 1.54) is 0 Å². The van der Waals surface area contributed by atoms with E-state index >= 15 is 0 Å². The van der Waals surface area contributed by atoms with Gasteiger partial charge in [0.25, 0.3) is 0 Å². The van der Waals surface area contributed by atoms with Gasteiger partial charge in [-0.05, 0) is 56.6 Å². The first-order valence-corrected chi connectivity index (χ1v) is 14.9. The number of halogens is 8. The van der Waals surface area contributed by atoms with Crippen LogP contribution < -0.4 is 0 Å². The molecule has 0 aromatic heterocycles. The van der Waals surface area contributed by atoms with Gasteiger partial charge in [-0.2, -0.15) is 39.3 Å². The smallest absolute Gasteiger partial charge is 0.114 e. The van der Waals surface area contributed by atoms with Crippen LogP contribution in [0.15, 0.2) is 0 Å². The van der Waals surface area contributed by atoms with Gasteiger partial charge < -0.3 is 37.9 Å². The maximum atomic E-state index is 12.4. The molecule has 0 bridgehead atoms. The number of ether oxygens (including phenoxy) is 8. The fourth-order valence-electron chi connectivity index (χ4n) is 3.59. The highest BCUT2D eigenvalue weighted by atomic mass is 19.3. The zero-order valence-electron chi connectivity index (χ0n) is 27.4. The van der Waals surface area contributed by atoms with E-state index in [2.05, 4.69) is 59.7 Å². The normalized spacial score (nSPS) is 13.4. The van der Waals surface area contributed by atoms with E-state index in [-0.39, 0.29) is 52.9 Å². The van der Waals surface area contributed by atoms with Crippen LogP contribution >= 0.6 is 0 Å². The van der Waals surface area contributed by atoms with Crippen LogP contribution in [0.25, 0.3) is 0 Å². The number of rotatable bonds is 43. The summed E-state index contributed by atoms with van der Waals surface area (Å²) in [5, 5.41) is 12.2. The van der Waals surface area contributed by atoms with Gasteiger partial charge in [0.05, 0.1) is 66.1 Å². The quantitative estimate of drug-likeness (QED) is 0.0378. The maximum Gasteiger partial charge on any atom is 0.114 e. The molecule has 28 heteroatoms. The molecule has 0 rings (SSSR count). The Labute approximate surface area is 290 Å². The van der Waals surface area contributed by atoms with Crippen molar-refractivity contribution in [3.05, 3.63) is 0 Å². The first-order valence-electron chi connectivity index (χ1n) is 14.9. The van der Waals surface area contributed by atoms with Crippen LogP contribution in [-0.4, -0.2) is 156 Å². The van der Waals surface area contributed by atoms with Gasteiger partial charge in [-0.15, -0.1) is 0 Å². The molecule has 0 aliphatic carbocycles. The first kappa shape index (κ1) is 50.6. The van der Waals surface area contributed by atoms with Crippen molar-refractivity contribution in [1.29, 1.82) is 0 Å². The molecular formula is C24H42F8O20. The number of hydrogen-bond donors (Lipinski definition) is 0. The van der Waals surface area contributed by atoms with E-state index in [4.69, 9.17) is 37.9 Å². The van der Waals surface area contributed by atoms with E-state index in [9.17, 15) is 36.2 Å². The molecule has 0 radical (unpaired) electrons. The summed E-state index contributed by atoms with van der Waals surface area (Å²) in [5.41, 5.74) is 0. The van der Waals surface area contributed by atoms with Gasteiger partial charge in [-0.1, -0.05) is 0 Å². The van der Waals surface area contributed by atoms with Crippen molar-refractivity contribution < 1.29 is 134 Å². The molecule has 52 heavy (non-hydrogen) atoms. The molecule has 0 N–H and O–H groups in total. The Kier molecular flexibility index (Phi) is 38.3. The molecule has 0 aromatic rings. The molecule has 20 nitrogen and oxygen atoms in total. The summed E-state index contributed by atoms with van der Waals surface area (Å²) in [6.07, 6.45) is -7.91. The SMILES string of the molecule is FOCCOCC(COCCOF)OCC(OC(COCCOF)COCCOF)C(COC(COOF)COOF)OC(COOF)COOF. The Balaban J connectivity index is 6.53. The van der Waals surface area contributed by atoms with Crippen LogP contribution in [-0.2, 0) is 97.6 Å². The minimum absolute atomic E-state index is 0.239. The predicted octanol–water partition coefficient (Wildman–Crippen LogP) is 2.27. The Morgan fingerprint density at radius 3 is 0.865 bits per heavy atom. The molecule has 2 unspecified atom stereocenters. The molecule has 0 fully saturated rings. The van der Waals surface area contributed by atoms with Crippen LogP contribution in [0.2, 0.25) is 0 Å². The minimum atomic E-state index is -1.50. The van der Waals surface area contributed by atoms with Crippen molar-refractivity contribution in [2.75, 3.05) is 119 Å². The summed E-state index contributed by atoms with van der Waals surface area (Å²) in [6, 6.07) is 0. The Hall–Kier alpha value is -1.36. The van der Waals surface area contributed by atoms with E-state index in [1.54, 1.807) is 0 Å². The lowest BCUT2D eigenvalue weighted by atomic mass is 10.2. The van der Waals surface area contributed by atoms with Crippen molar-refractivity contribution in [3.8, 4) is 0 Å². The summed E-state index contributed by atoms with van der Waals surface area (Å²) in [5.74, 6) is 0. The third kappa shape index (κ3) is 30.0. The summed E-state index contributed by atoms with van der Waals surface area (Å²) in [6.45, 7) is -8.45. The maximum absolute atomic E-state index is 12.4. The summed E-state index contributed by atoms with van der Waals surface area (Å²) >= 11 is 0. The number of hydrogen-bond acceptors (Lipinski definition) is 20. The average Bonchev–Trinajstić information content (AvgIpc) is 3.16. The van der Waals surface area contributed by atoms with Gasteiger partial charge in [0.1, 0.15) is 89.5 Å². The summed E-state index contributed by atoms with van der Waals surface area (Å²) in [7, 11) is 0.